The number of rotatable bonds is 7. The number of piperidine rings is 1. The van der Waals surface area contributed by atoms with Gasteiger partial charge in [0.2, 0.25) is 0 Å². The van der Waals surface area contributed by atoms with Crippen LogP contribution in [0.15, 0.2) is 64.5 Å². The van der Waals surface area contributed by atoms with Crippen LogP contribution in [0, 0.1) is 22.7 Å². The van der Waals surface area contributed by atoms with E-state index in [1.807, 2.05) is 0 Å². The Morgan fingerprint density at radius 2 is 1.90 bits per heavy atom. The number of pyridine rings is 2. The number of hydrogen-bond donors (Lipinski definition) is 2. The van der Waals surface area contributed by atoms with Gasteiger partial charge in [0, 0.05) is 31.2 Å². The number of H-pyrrole nitrogens is 1. The van der Waals surface area contributed by atoms with Crippen LogP contribution in [0.4, 0.5) is 26.1 Å². The first-order valence-corrected chi connectivity index (χ1v) is 13.2. The van der Waals surface area contributed by atoms with Gasteiger partial charge in [-0.2, -0.15) is 24.4 Å². The van der Waals surface area contributed by atoms with Gasteiger partial charge in [-0.15, -0.1) is 0 Å². The number of halogens is 2. The molecule has 1 unspecified atom stereocenters. The number of aromatic amines is 1. The molecule has 0 bridgehead atoms. The molecule has 39 heavy (non-hydrogen) atoms. The Morgan fingerprint density at radius 3 is 2.51 bits per heavy atom. The van der Waals surface area contributed by atoms with Crippen molar-refractivity contribution in [1.82, 2.24) is 19.7 Å². The van der Waals surface area contributed by atoms with E-state index in [2.05, 4.69) is 32.3 Å². The van der Waals surface area contributed by atoms with E-state index < -0.39 is 22.5 Å². The van der Waals surface area contributed by atoms with Crippen LogP contribution in [-0.2, 0) is 16.7 Å². The van der Waals surface area contributed by atoms with Crippen LogP contribution >= 0.6 is 0 Å². The van der Waals surface area contributed by atoms with Gasteiger partial charge in [0.1, 0.15) is 17.3 Å². The average molecular weight is 549 g/mol. The molecule has 0 spiro atoms. The van der Waals surface area contributed by atoms with Crippen LogP contribution in [0.25, 0.3) is 10.9 Å². The van der Waals surface area contributed by atoms with Crippen LogP contribution in [0.5, 0.6) is 0 Å². The van der Waals surface area contributed by atoms with Crippen LogP contribution < -0.4 is 15.8 Å². The zero-order chi connectivity index (χ0) is 27.6. The van der Waals surface area contributed by atoms with E-state index in [1.165, 1.54) is 36.7 Å². The fourth-order valence-electron chi connectivity index (χ4n) is 4.84. The second-order valence-corrected chi connectivity index (χ2v) is 10.5. The van der Waals surface area contributed by atoms with E-state index in [0.29, 0.717) is 48.1 Å². The Labute approximate surface area is 224 Å². The molecule has 5 rings (SSSR count). The highest BCUT2D eigenvalue weighted by Gasteiger charge is 2.39. The van der Waals surface area contributed by atoms with Crippen molar-refractivity contribution < 1.29 is 13.3 Å². The van der Waals surface area contributed by atoms with E-state index in [9.17, 15) is 23.4 Å². The summed E-state index contributed by atoms with van der Waals surface area (Å²) in [5.41, 5.74) is 0.428. The number of nitriles is 2. The van der Waals surface area contributed by atoms with Gasteiger partial charge < -0.3 is 19.8 Å². The topological polar surface area (TPSA) is 149 Å². The van der Waals surface area contributed by atoms with E-state index in [-0.39, 0.29) is 22.7 Å². The SMILES string of the molecule is N#CCC1(n2nc(Nc3ccc([S+]([O-])C(F)F)cc3)c3c(=O)[nH]ccc32)CCN(c2ccc(C#N)cn2)CC1. The van der Waals surface area contributed by atoms with Crippen molar-refractivity contribution in [3.8, 4) is 12.1 Å². The van der Waals surface area contributed by atoms with Crippen molar-refractivity contribution in [2.24, 2.45) is 0 Å². The first-order valence-electron chi connectivity index (χ1n) is 12.0. The lowest BCUT2D eigenvalue weighted by Crippen LogP contribution is -2.47. The number of fused-ring (bicyclic) bond motifs is 1. The molecule has 1 atom stereocenters. The predicted octanol–water partition coefficient (Wildman–Crippen LogP) is 3.97. The molecule has 0 aliphatic carbocycles. The molecular formula is C26H22F2N8O2S. The molecule has 198 valence electrons. The summed E-state index contributed by atoms with van der Waals surface area (Å²) in [5.74, 6) is -2.00. The maximum atomic E-state index is 12.9. The number of nitrogens with one attached hydrogen (secondary N) is 2. The van der Waals surface area contributed by atoms with E-state index in [0.717, 1.165) is 5.82 Å². The molecule has 1 aliphatic rings. The summed E-state index contributed by atoms with van der Waals surface area (Å²) in [6, 6.07) is 15.2. The standard InChI is InChI=1S/C26H22F2N8O2S/c27-25(28)39(38)19-4-2-18(3-5-19)33-23-22-20(7-12-31-24(22)37)36(34-23)26(8-11-29)9-13-35(14-10-26)21-6-1-17(15-30)16-32-21/h1-7,12,16,25H,8-10,13-14H2,(H,31,37)(H,33,34). The van der Waals surface area contributed by atoms with Crippen LogP contribution in [0.2, 0.25) is 0 Å². The van der Waals surface area contributed by atoms with E-state index in [4.69, 9.17) is 10.4 Å². The maximum Gasteiger partial charge on any atom is 0.402 e. The number of hydrogen-bond acceptors (Lipinski definition) is 8. The summed E-state index contributed by atoms with van der Waals surface area (Å²) < 4.78 is 39.0. The number of alkyl halides is 2. The van der Waals surface area contributed by atoms with Gasteiger partial charge in [0.15, 0.2) is 10.7 Å². The van der Waals surface area contributed by atoms with Crippen molar-refractivity contribution in [2.75, 3.05) is 23.3 Å². The van der Waals surface area contributed by atoms with Crippen LogP contribution in [0.3, 0.4) is 0 Å². The minimum Gasteiger partial charge on any atom is -0.607 e. The fourth-order valence-corrected chi connectivity index (χ4v) is 5.45. The van der Waals surface area contributed by atoms with Gasteiger partial charge in [-0.05, 0) is 55.3 Å². The second-order valence-electron chi connectivity index (χ2n) is 9.10. The molecule has 1 fully saturated rings. The van der Waals surface area contributed by atoms with Gasteiger partial charge in [-0.25, -0.2) is 4.98 Å². The monoisotopic (exact) mass is 548 g/mol. The quantitative estimate of drug-likeness (QED) is 0.330. The van der Waals surface area contributed by atoms with Gasteiger partial charge in [0.25, 0.3) is 5.56 Å². The molecule has 4 aromatic rings. The zero-order valence-electron chi connectivity index (χ0n) is 20.5. The normalized spacial score (nSPS) is 15.6. The summed E-state index contributed by atoms with van der Waals surface area (Å²) in [6.07, 6.45) is 4.32. The highest BCUT2D eigenvalue weighted by atomic mass is 32.2. The molecule has 0 radical (unpaired) electrons. The predicted molar refractivity (Wildman–Crippen MR) is 141 cm³/mol. The van der Waals surface area contributed by atoms with Crippen molar-refractivity contribution in [2.45, 2.75) is 35.5 Å². The third kappa shape index (κ3) is 5.02. The van der Waals surface area contributed by atoms with Crippen molar-refractivity contribution >= 4 is 39.4 Å². The van der Waals surface area contributed by atoms with Gasteiger partial charge in [0.05, 0.1) is 40.3 Å². The summed E-state index contributed by atoms with van der Waals surface area (Å²) >= 11 is -2.43. The molecule has 13 heteroatoms. The molecule has 4 heterocycles. The highest BCUT2D eigenvalue weighted by molar-refractivity contribution is 7.91. The van der Waals surface area contributed by atoms with Crippen molar-refractivity contribution in [3.63, 3.8) is 0 Å². The fraction of sp³-hybridized carbons (Fsp3) is 0.269. The summed E-state index contributed by atoms with van der Waals surface area (Å²) in [7, 11) is 0. The Balaban J connectivity index is 1.47. The summed E-state index contributed by atoms with van der Waals surface area (Å²) in [5, 5.41) is 26.9. The molecule has 1 aromatic carbocycles. The molecule has 2 N–H and O–H groups in total. The largest absolute Gasteiger partial charge is 0.607 e. The number of aromatic nitrogens is 4. The van der Waals surface area contributed by atoms with Crippen LogP contribution in [-0.4, -0.2) is 43.1 Å². The third-order valence-electron chi connectivity index (χ3n) is 6.87. The summed E-state index contributed by atoms with van der Waals surface area (Å²) in [4.78, 5) is 22.0. The van der Waals surface area contributed by atoms with E-state index in [1.54, 1.807) is 22.9 Å². The van der Waals surface area contributed by atoms with Crippen LogP contribution in [0.1, 0.15) is 24.8 Å². The Hall–Kier alpha value is -4.46. The Morgan fingerprint density at radius 1 is 1.15 bits per heavy atom. The Bertz CT molecular complexity index is 1620. The third-order valence-corrected chi connectivity index (χ3v) is 7.93. The highest BCUT2D eigenvalue weighted by Crippen LogP contribution is 2.38. The van der Waals surface area contributed by atoms with Gasteiger partial charge in [-0.3, -0.25) is 9.48 Å². The Kier molecular flexibility index (Phi) is 7.19. The minimum absolute atomic E-state index is 0.0136. The van der Waals surface area contributed by atoms with Gasteiger partial charge in [-0.1, -0.05) is 0 Å². The molecular weight excluding hydrogens is 526 g/mol. The lowest BCUT2D eigenvalue weighted by atomic mass is 9.84. The second kappa shape index (κ2) is 10.7. The maximum absolute atomic E-state index is 12.9. The molecule has 0 saturated carbocycles. The molecule has 1 saturated heterocycles. The van der Waals surface area contributed by atoms with E-state index >= 15 is 0 Å². The van der Waals surface area contributed by atoms with Crippen molar-refractivity contribution in [1.29, 1.82) is 10.5 Å². The molecule has 0 amide bonds. The number of benzene rings is 1. The first-order chi connectivity index (χ1) is 18.8. The first kappa shape index (κ1) is 26.2. The number of anilines is 3. The molecule has 10 nitrogen and oxygen atoms in total. The minimum atomic E-state index is -2.99. The summed E-state index contributed by atoms with van der Waals surface area (Å²) in [6.45, 7) is 1.16. The van der Waals surface area contributed by atoms with Crippen molar-refractivity contribution in [3.05, 3.63) is 70.8 Å². The average Bonchev–Trinajstić information content (AvgIpc) is 3.33. The molecule has 1 aliphatic heterocycles. The lowest BCUT2D eigenvalue weighted by molar-refractivity contribution is 0.210. The zero-order valence-corrected chi connectivity index (χ0v) is 21.3. The number of nitrogens with zero attached hydrogens (tertiary/aromatic N) is 6. The van der Waals surface area contributed by atoms with Gasteiger partial charge >= 0.3 is 5.76 Å². The lowest BCUT2D eigenvalue weighted by Gasteiger charge is -2.41. The molecule has 3 aromatic heterocycles. The smallest absolute Gasteiger partial charge is 0.402 e.